The molecule has 0 aliphatic heterocycles. The molecule has 18 heavy (non-hydrogen) atoms. The smallest absolute Gasteiger partial charge is 0.237 e. The number of amides is 1. The van der Waals surface area contributed by atoms with E-state index in [2.05, 4.69) is 12.2 Å². The van der Waals surface area contributed by atoms with Crippen molar-refractivity contribution in [3.63, 3.8) is 0 Å². The summed E-state index contributed by atoms with van der Waals surface area (Å²) in [6, 6.07) is 7.87. The minimum absolute atomic E-state index is 0.0606. The van der Waals surface area contributed by atoms with E-state index in [9.17, 15) is 4.79 Å². The lowest BCUT2D eigenvalue weighted by molar-refractivity contribution is -0.125. The van der Waals surface area contributed by atoms with Crippen LogP contribution in [0.25, 0.3) is 0 Å². The van der Waals surface area contributed by atoms with Crippen molar-refractivity contribution in [1.29, 1.82) is 0 Å². The number of rotatable bonds is 4. The van der Waals surface area contributed by atoms with Crippen LogP contribution in [0.4, 0.5) is 5.69 Å². The first-order chi connectivity index (χ1) is 8.58. The average Bonchev–Trinajstić information content (AvgIpc) is 2.27. The van der Waals surface area contributed by atoms with Crippen LogP contribution in [0.5, 0.6) is 0 Å². The van der Waals surface area contributed by atoms with Gasteiger partial charge in [-0.25, -0.2) is 0 Å². The Morgan fingerprint density at radius 2 is 2.22 bits per heavy atom. The van der Waals surface area contributed by atoms with Gasteiger partial charge < -0.3 is 11.1 Å². The van der Waals surface area contributed by atoms with E-state index < -0.39 is 5.41 Å². The highest BCUT2D eigenvalue weighted by Crippen LogP contribution is 2.42. The Bertz CT molecular complexity index is 480. The third-order valence-corrected chi connectivity index (χ3v) is 4.10. The highest BCUT2D eigenvalue weighted by molar-refractivity contribution is 7.80. The van der Waals surface area contributed by atoms with E-state index in [4.69, 9.17) is 18.0 Å². The van der Waals surface area contributed by atoms with Gasteiger partial charge >= 0.3 is 0 Å². The molecule has 0 bridgehead atoms. The molecule has 0 atom stereocenters. The van der Waals surface area contributed by atoms with Crippen LogP contribution in [-0.2, 0) is 11.2 Å². The summed E-state index contributed by atoms with van der Waals surface area (Å²) in [4.78, 5) is 12.6. The summed E-state index contributed by atoms with van der Waals surface area (Å²) in [5, 5.41) is 2.93. The molecule has 0 saturated heterocycles. The quantitative estimate of drug-likeness (QED) is 0.820. The lowest BCUT2D eigenvalue weighted by Crippen LogP contribution is -2.50. The second-order valence-corrected chi connectivity index (χ2v) is 5.25. The highest BCUT2D eigenvalue weighted by atomic mass is 32.1. The molecule has 1 saturated carbocycles. The van der Waals surface area contributed by atoms with Crippen LogP contribution in [0.15, 0.2) is 24.3 Å². The first-order valence-corrected chi connectivity index (χ1v) is 6.69. The van der Waals surface area contributed by atoms with Crippen molar-refractivity contribution in [2.45, 2.75) is 32.6 Å². The number of anilines is 1. The fraction of sp³-hybridized carbons (Fsp3) is 0.429. The zero-order valence-corrected chi connectivity index (χ0v) is 11.3. The van der Waals surface area contributed by atoms with Crippen LogP contribution in [0.1, 0.15) is 31.7 Å². The molecule has 0 unspecified atom stereocenters. The summed E-state index contributed by atoms with van der Waals surface area (Å²) in [6.45, 7) is 2.09. The van der Waals surface area contributed by atoms with Crippen LogP contribution in [0.3, 0.4) is 0 Å². The maximum atomic E-state index is 12.3. The molecule has 0 spiro atoms. The Balaban J connectivity index is 2.13. The lowest BCUT2D eigenvalue weighted by atomic mass is 9.68. The molecule has 0 radical (unpaired) electrons. The van der Waals surface area contributed by atoms with Gasteiger partial charge in [-0.05, 0) is 37.0 Å². The first-order valence-electron chi connectivity index (χ1n) is 6.29. The zero-order valence-electron chi connectivity index (χ0n) is 10.5. The van der Waals surface area contributed by atoms with Crippen LogP contribution < -0.4 is 11.1 Å². The SMILES string of the molecule is CCc1cccc(NC(=O)C2(C(N)=S)CCC2)c1. The van der Waals surface area contributed by atoms with Crippen molar-refractivity contribution < 1.29 is 4.79 Å². The van der Waals surface area contributed by atoms with E-state index in [1.807, 2.05) is 24.3 Å². The molecule has 1 amide bonds. The van der Waals surface area contributed by atoms with Gasteiger partial charge in [-0.2, -0.15) is 0 Å². The van der Waals surface area contributed by atoms with Crippen LogP contribution in [-0.4, -0.2) is 10.9 Å². The van der Waals surface area contributed by atoms with E-state index >= 15 is 0 Å². The molecule has 3 N–H and O–H groups in total. The Hall–Kier alpha value is -1.42. The first kappa shape index (κ1) is 13.0. The molecule has 1 aliphatic rings. The number of nitrogens with one attached hydrogen (secondary N) is 1. The zero-order chi connectivity index (χ0) is 13.2. The van der Waals surface area contributed by atoms with Crippen LogP contribution >= 0.6 is 12.2 Å². The number of thiocarbonyl (C=S) groups is 1. The van der Waals surface area contributed by atoms with Gasteiger partial charge in [-0.15, -0.1) is 0 Å². The summed E-state index contributed by atoms with van der Waals surface area (Å²) in [7, 11) is 0. The number of carbonyl (C=O) groups is 1. The van der Waals surface area contributed by atoms with Gasteiger partial charge in [0.1, 0.15) is 0 Å². The molecular weight excluding hydrogens is 244 g/mol. The lowest BCUT2D eigenvalue weighted by Gasteiger charge is -2.39. The Morgan fingerprint density at radius 3 is 2.72 bits per heavy atom. The van der Waals surface area contributed by atoms with Gasteiger partial charge in [0.15, 0.2) is 0 Å². The Labute approximate surface area is 113 Å². The van der Waals surface area contributed by atoms with Gasteiger partial charge in [0.2, 0.25) is 5.91 Å². The van der Waals surface area contributed by atoms with Crippen LogP contribution in [0.2, 0.25) is 0 Å². The van der Waals surface area contributed by atoms with Crippen molar-refractivity contribution in [3.8, 4) is 0 Å². The fourth-order valence-electron chi connectivity index (χ4n) is 2.24. The molecular formula is C14H18N2OS. The topological polar surface area (TPSA) is 55.1 Å². The maximum absolute atomic E-state index is 12.3. The van der Waals surface area contributed by atoms with Gasteiger partial charge in [-0.3, -0.25) is 4.79 Å². The average molecular weight is 262 g/mol. The van der Waals surface area contributed by atoms with Gasteiger partial charge in [0.05, 0.1) is 10.4 Å². The van der Waals surface area contributed by atoms with Crippen molar-refractivity contribution in [3.05, 3.63) is 29.8 Å². The van der Waals surface area contributed by atoms with Crippen molar-refractivity contribution >= 4 is 28.8 Å². The molecule has 0 heterocycles. The largest absolute Gasteiger partial charge is 0.392 e. The highest BCUT2D eigenvalue weighted by Gasteiger charge is 2.46. The summed E-state index contributed by atoms with van der Waals surface area (Å²) in [5.41, 5.74) is 7.12. The van der Waals surface area contributed by atoms with E-state index in [-0.39, 0.29) is 5.91 Å². The van der Waals surface area contributed by atoms with E-state index in [1.165, 1.54) is 5.56 Å². The summed E-state index contributed by atoms with van der Waals surface area (Å²) >= 11 is 5.04. The fourth-order valence-corrected chi connectivity index (χ4v) is 2.53. The predicted octanol–water partition coefficient (Wildman–Crippen LogP) is 2.64. The molecule has 1 fully saturated rings. The number of carbonyl (C=O) groups excluding carboxylic acids is 1. The maximum Gasteiger partial charge on any atom is 0.237 e. The van der Waals surface area contributed by atoms with Gasteiger partial charge in [0, 0.05) is 5.69 Å². The van der Waals surface area contributed by atoms with E-state index in [1.54, 1.807) is 0 Å². The summed E-state index contributed by atoms with van der Waals surface area (Å²) in [6.07, 6.45) is 3.49. The molecule has 1 aromatic carbocycles. The second kappa shape index (κ2) is 5.06. The number of benzene rings is 1. The molecule has 0 aromatic heterocycles. The van der Waals surface area contributed by atoms with Crippen molar-refractivity contribution in [2.24, 2.45) is 11.1 Å². The number of aryl methyl sites for hydroxylation is 1. The van der Waals surface area contributed by atoms with Gasteiger partial charge in [0.25, 0.3) is 0 Å². The summed E-state index contributed by atoms with van der Waals surface area (Å²) < 4.78 is 0. The second-order valence-electron chi connectivity index (χ2n) is 4.81. The third kappa shape index (κ3) is 2.25. The number of nitrogens with two attached hydrogens (primary N) is 1. The van der Waals surface area contributed by atoms with Crippen LogP contribution in [0, 0.1) is 5.41 Å². The van der Waals surface area contributed by atoms with Gasteiger partial charge in [-0.1, -0.05) is 37.7 Å². The Kier molecular flexibility index (Phi) is 3.66. The standard InChI is InChI=1S/C14H18N2OS/c1-2-10-5-3-6-11(9-10)16-13(17)14(12(15)18)7-4-8-14/h3,5-6,9H,2,4,7-8H2,1H3,(H2,15,18)(H,16,17). The summed E-state index contributed by atoms with van der Waals surface area (Å²) in [5.74, 6) is -0.0606. The minimum atomic E-state index is -0.614. The minimum Gasteiger partial charge on any atom is -0.392 e. The predicted molar refractivity (Wildman–Crippen MR) is 77.5 cm³/mol. The van der Waals surface area contributed by atoms with Crippen molar-refractivity contribution in [2.75, 3.05) is 5.32 Å². The molecule has 1 aliphatic carbocycles. The third-order valence-electron chi connectivity index (χ3n) is 3.71. The molecule has 4 heteroatoms. The number of hydrogen-bond acceptors (Lipinski definition) is 2. The Morgan fingerprint density at radius 1 is 1.50 bits per heavy atom. The molecule has 1 aromatic rings. The monoisotopic (exact) mass is 262 g/mol. The molecule has 96 valence electrons. The molecule has 3 nitrogen and oxygen atoms in total. The normalized spacial score (nSPS) is 16.7. The van der Waals surface area contributed by atoms with Crippen molar-refractivity contribution in [1.82, 2.24) is 0 Å². The van der Waals surface area contributed by atoms with E-state index in [0.29, 0.717) is 4.99 Å². The number of hydrogen-bond donors (Lipinski definition) is 2. The molecule has 2 rings (SSSR count). The van der Waals surface area contributed by atoms with E-state index in [0.717, 1.165) is 31.4 Å².